The van der Waals surface area contributed by atoms with Gasteiger partial charge >= 0.3 is 0 Å². The molecule has 128 valence electrons. The molecule has 0 fully saturated rings. The van der Waals surface area contributed by atoms with Crippen molar-refractivity contribution < 1.29 is 14.4 Å². The summed E-state index contributed by atoms with van der Waals surface area (Å²) in [5.74, 6) is -0.717. The summed E-state index contributed by atoms with van der Waals surface area (Å²) in [4.78, 5) is 37.5. The first-order valence-electron chi connectivity index (χ1n) is 8.02. The summed E-state index contributed by atoms with van der Waals surface area (Å²) >= 11 is 1.45. The van der Waals surface area contributed by atoms with E-state index in [1.54, 1.807) is 30.3 Å². The summed E-state index contributed by atoms with van der Waals surface area (Å²) in [5, 5.41) is 6.47. The van der Waals surface area contributed by atoms with Crippen molar-refractivity contribution in [3.63, 3.8) is 0 Å². The Bertz CT molecular complexity index is 1030. The zero-order chi connectivity index (χ0) is 18.1. The number of carbonyl (C=O) groups excluding carboxylic acids is 3. The van der Waals surface area contributed by atoms with Crippen LogP contribution in [0.25, 0.3) is 10.8 Å². The molecule has 3 aromatic rings. The number of rotatable bonds is 4. The first-order valence-corrected chi connectivity index (χ1v) is 9.01. The van der Waals surface area contributed by atoms with Gasteiger partial charge in [0.05, 0.1) is 5.75 Å². The molecular weight excluding hydrogens is 348 g/mol. The second-order valence-electron chi connectivity index (χ2n) is 5.82. The van der Waals surface area contributed by atoms with E-state index >= 15 is 0 Å². The van der Waals surface area contributed by atoms with E-state index in [0.717, 1.165) is 4.90 Å². The highest BCUT2D eigenvalue weighted by atomic mass is 32.2. The van der Waals surface area contributed by atoms with Gasteiger partial charge in [0, 0.05) is 32.5 Å². The van der Waals surface area contributed by atoms with Crippen LogP contribution in [0.1, 0.15) is 20.7 Å². The summed E-state index contributed by atoms with van der Waals surface area (Å²) in [5.41, 5.74) is 1.46. The van der Waals surface area contributed by atoms with Gasteiger partial charge in [-0.1, -0.05) is 30.3 Å². The van der Waals surface area contributed by atoms with Gasteiger partial charge in [0.15, 0.2) is 0 Å². The average molecular weight is 362 g/mol. The van der Waals surface area contributed by atoms with Crippen LogP contribution in [0.2, 0.25) is 0 Å². The Hall–Kier alpha value is -3.12. The van der Waals surface area contributed by atoms with Gasteiger partial charge in [0.1, 0.15) is 0 Å². The van der Waals surface area contributed by atoms with Crippen molar-refractivity contribution in [2.45, 2.75) is 4.90 Å². The minimum Gasteiger partial charge on any atom is -0.325 e. The predicted octanol–water partition coefficient (Wildman–Crippen LogP) is 3.45. The van der Waals surface area contributed by atoms with E-state index in [4.69, 9.17) is 0 Å². The molecule has 0 atom stereocenters. The monoisotopic (exact) mass is 362 g/mol. The molecule has 0 unspecified atom stereocenters. The lowest BCUT2D eigenvalue weighted by Gasteiger charge is -2.18. The Morgan fingerprint density at radius 2 is 1.62 bits per heavy atom. The topological polar surface area (TPSA) is 75.3 Å². The molecule has 0 bridgehead atoms. The summed E-state index contributed by atoms with van der Waals surface area (Å²) < 4.78 is 0. The highest BCUT2D eigenvalue weighted by Gasteiger charge is 2.25. The van der Waals surface area contributed by atoms with Crippen LogP contribution in [0, 0.1) is 0 Å². The SMILES string of the molecule is O=C(CSc1ccccc1)Nc1ccc2c3c(cccc13)C(=O)NC2=O. The number of thioether (sulfide) groups is 1. The number of hydrogen-bond donors (Lipinski definition) is 2. The van der Waals surface area contributed by atoms with Crippen molar-refractivity contribution in [1.82, 2.24) is 5.32 Å². The fourth-order valence-corrected chi connectivity index (χ4v) is 3.70. The van der Waals surface area contributed by atoms with Crippen molar-refractivity contribution in [2.75, 3.05) is 11.1 Å². The summed E-state index contributed by atoms with van der Waals surface area (Å²) in [6, 6.07) is 18.2. The molecule has 3 amide bonds. The van der Waals surface area contributed by atoms with Crippen LogP contribution in [-0.4, -0.2) is 23.5 Å². The molecular formula is C20H14N2O3S. The first kappa shape index (κ1) is 16.4. The molecule has 0 saturated heterocycles. The molecule has 2 N–H and O–H groups in total. The minimum absolute atomic E-state index is 0.147. The number of imide groups is 1. The number of anilines is 1. The molecule has 0 aliphatic carbocycles. The maximum Gasteiger partial charge on any atom is 0.258 e. The van der Waals surface area contributed by atoms with Crippen molar-refractivity contribution >= 4 is 45.9 Å². The fraction of sp³-hybridized carbons (Fsp3) is 0.0500. The van der Waals surface area contributed by atoms with Crippen LogP contribution < -0.4 is 10.6 Å². The first-order chi connectivity index (χ1) is 12.6. The minimum atomic E-state index is -0.420. The fourth-order valence-electron chi connectivity index (χ4n) is 2.98. The highest BCUT2D eigenvalue weighted by molar-refractivity contribution is 8.00. The lowest BCUT2D eigenvalue weighted by atomic mass is 9.94. The standard InChI is InChI=1S/C20H14N2O3S/c23-17(11-26-12-5-2-1-3-6-12)21-16-10-9-15-18-13(16)7-4-8-14(18)19(24)22-20(15)25/h1-10H,11H2,(H,21,23)(H,22,24,25). The molecule has 6 heteroatoms. The van der Waals surface area contributed by atoms with Crippen LogP contribution >= 0.6 is 11.8 Å². The number of benzene rings is 3. The van der Waals surface area contributed by atoms with Gasteiger partial charge in [-0.3, -0.25) is 19.7 Å². The molecule has 0 aromatic heterocycles. The van der Waals surface area contributed by atoms with E-state index in [1.165, 1.54) is 11.8 Å². The molecule has 0 saturated carbocycles. The molecule has 5 nitrogen and oxygen atoms in total. The maximum absolute atomic E-state index is 12.3. The summed E-state index contributed by atoms with van der Waals surface area (Å²) in [7, 11) is 0. The van der Waals surface area contributed by atoms with E-state index < -0.39 is 11.8 Å². The maximum atomic E-state index is 12.3. The number of amides is 3. The van der Waals surface area contributed by atoms with Crippen LogP contribution in [0.3, 0.4) is 0 Å². The Morgan fingerprint density at radius 3 is 2.38 bits per heavy atom. The summed E-state index contributed by atoms with van der Waals surface area (Å²) in [6.45, 7) is 0. The van der Waals surface area contributed by atoms with E-state index in [2.05, 4.69) is 10.6 Å². The molecule has 0 spiro atoms. The number of hydrogen-bond acceptors (Lipinski definition) is 4. The lowest BCUT2D eigenvalue weighted by Crippen LogP contribution is -2.34. The third-order valence-electron chi connectivity index (χ3n) is 4.14. The van der Waals surface area contributed by atoms with E-state index in [0.29, 0.717) is 27.6 Å². The Kier molecular flexibility index (Phi) is 4.18. The van der Waals surface area contributed by atoms with E-state index in [9.17, 15) is 14.4 Å². The van der Waals surface area contributed by atoms with Gasteiger partial charge in [-0.25, -0.2) is 0 Å². The Labute approximate surface area is 153 Å². The van der Waals surface area contributed by atoms with Gasteiger partial charge in [-0.2, -0.15) is 0 Å². The normalized spacial score (nSPS) is 12.8. The Balaban J connectivity index is 1.62. The van der Waals surface area contributed by atoms with E-state index in [1.807, 2.05) is 30.3 Å². The van der Waals surface area contributed by atoms with Crippen LogP contribution in [0.5, 0.6) is 0 Å². The van der Waals surface area contributed by atoms with Crippen molar-refractivity contribution in [3.05, 3.63) is 71.8 Å². The highest BCUT2D eigenvalue weighted by Crippen LogP contribution is 2.32. The zero-order valence-electron chi connectivity index (χ0n) is 13.6. The number of carbonyl (C=O) groups is 3. The van der Waals surface area contributed by atoms with Crippen molar-refractivity contribution in [2.24, 2.45) is 0 Å². The van der Waals surface area contributed by atoms with Gasteiger partial charge in [-0.05, 0) is 30.3 Å². The molecule has 1 aliphatic heterocycles. The largest absolute Gasteiger partial charge is 0.325 e. The van der Waals surface area contributed by atoms with Crippen molar-refractivity contribution in [3.8, 4) is 0 Å². The average Bonchev–Trinajstić information content (AvgIpc) is 2.66. The van der Waals surface area contributed by atoms with Crippen LogP contribution in [0.4, 0.5) is 5.69 Å². The molecule has 1 aliphatic rings. The molecule has 26 heavy (non-hydrogen) atoms. The quantitative estimate of drug-likeness (QED) is 0.551. The van der Waals surface area contributed by atoms with Gasteiger partial charge in [0.25, 0.3) is 11.8 Å². The van der Waals surface area contributed by atoms with Crippen LogP contribution in [0.15, 0.2) is 65.6 Å². The second kappa shape index (κ2) is 6.65. The lowest BCUT2D eigenvalue weighted by molar-refractivity contribution is -0.113. The zero-order valence-corrected chi connectivity index (χ0v) is 14.4. The summed E-state index contributed by atoms with van der Waals surface area (Å²) in [6.07, 6.45) is 0. The molecule has 0 radical (unpaired) electrons. The van der Waals surface area contributed by atoms with Gasteiger partial charge < -0.3 is 5.32 Å². The third-order valence-corrected chi connectivity index (χ3v) is 5.16. The smallest absolute Gasteiger partial charge is 0.258 e. The molecule has 4 rings (SSSR count). The number of nitrogens with one attached hydrogen (secondary N) is 2. The van der Waals surface area contributed by atoms with E-state index in [-0.39, 0.29) is 11.7 Å². The van der Waals surface area contributed by atoms with Gasteiger partial charge in [0.2, 0.25) is 5.91 Å². The molecule has 1 heterocycles. The van der Waals surface area contributed by atoms with Crippen molar-refractivity contribution in [1.29, 1.82) is 0 Å². The second-order valence-corrected chi connectivity index (χ2v) is 6.87. The van der Waals surface area contributed by atoms with Crippen LogP contribution in [-0.2, 0) is 4.79 Å². The van der Waals surface area contributed by atoms with Gasteiger partial charge in [-0.15, -0.1) is 11.8 Å². The Morgan fingerprint density at radius 1 is 0.885 bits per heavy atom. The molecule has 3 aromatic carbocycles. The third kappa shape index (κ3) is 2.95. The predicted molar refractivity (Wildman–Crippen MR) is 102 cm³/mol.